The molecule has 0 saturated carbocycles. The first kappa shape index (κ1) is 16.5. The van der Waals surface area contributed by atoms with E-state index in [1.807, 2.05) is 12.1 Å². The zero-order chi connectivity index (χ0) is 17.6. The Morgan fingerprint density at radius 1 is 0.760 bits per heavy atom. The molecule has 3 aromatic rings. The Morgan fingerprint density at radius 2 is 1.36 bits per heavy atom. The Kier molecular flexibility index (Phi) is 4.90. The van der Waals surface area contributed by atoms with Crippen molar-refractivity contribution in [3.05, 3.63) is 95.6 Å². The fraction of sp³-hybridized carbons (Fsp3) is 0.0476. The van der Waals surface area contributed by atoms with E-state index >= 15 is 0 Å². The van der Waals surface area contributed by atoms with Crippen LogP contribution in [0.15, 0.2) is 78.9 Å². The maximum atomic E-state index is 12.8. The molecule has 3 aromatic carbocycles. The van der Waals surface area contributed by atoms with Crippen LogP contribution in [0.4, 0.5) is 0 Å². The van der Waals surface area contributed by atoms with Crippen LogP contribution < -0.4 is 9.47 Å². The first-order chi connectivity index (χ1) is 12.2. The molecule has 0 saturated heterocycles. The number of ether oxygens (including phenoxy) is 2. The van der Waals surface area contributed by atoms with Gasteiger partial charge in [-0.1, -0.05) is 48.5 Å². The van der Waals surface area contributed by atoms with Gasteiger partial charge in [-0.05, 0) is 30.3 Å². The molecule has 0 aromatic heterocycles. The van der Waals surface area contributed by atoms with Crippen molar-refractivity contribution in [2.45, 2.75) is 0 Å². The molecule has 124 valence electrons. The Labute approximate surface area is 145 Å². The molecule has 0 spiro atoms. The Morgan fingerprint density at radius 3 is 1.96 bits per heavy atom. The van der Waals surface area contributed by atoms with Gasteiger partial charge < -0.3 is 9.47 Å². The van der Waals surface area contributed by atoms with Crippen LogP contribution in [0, 0.1) is 0 Å². The molecule has 3 rings (SSSR count). The molecule has 4 heteroatoms. The SMILES string of the molecule is COc1ccc(OC(=O)c2ccccc2)c(C(=O)c2ccccc2)c1. The zero-order valence-electron chi connectivity index (χ0n) is 13.6. The lowest BCUT2D eigenvalue weighted by Gasteiger charge is -2.11. The predicted octanol–water partition coefficient (Wildman–Crippen LogP) is 4.15. The molecule has 0 aliphatic rings. The predicted molar refractivity (Wildman–Crippen MR) is 94.3 cm³/mol. The fourth-order valence-corrected chi connectivity index (χ4v) is 2.38. The number of carbonyl (C=O) groups is 2. The molecule has 0 aliphatic carbocycles. The standard InChI is InChI=1S/C21H16O4/c1-24-17-12-13-19(25-21(23)16-10-6-3-7-11-16)18(14-17)20(22)15-8-4-2-5-9-15/h2-14H,1H3. The smallest absolute Gasteiger partial charge is 0.343 e. The molecule has 0 unspecified atom stereocenters. The Bertz CT molecular complexity index is 886. The van der Waals surface area contributed by atoms with Crippen molar-refractivity contribution in [1.82, 2.24) is 0 Å². The van der Waals surface area contributed by atoms with Crippen LogP contribution in [0.3, 0.4) is 0 Å². The number of esters is 1. The maximum Gasteiger partial charge on any atom is 0.343 e. The fourth-order valence-electron chi connectivity index (χ4n) is 2.38. The quantitative estimate of drug-likeness (QED) is 0.400. The molecule has 0 amide bonds. The summed E-state index contributed by atoms with van der Waals surface area (Å²) in [5.41, 5.74) is 1.19. The summed E-state index contributed by atoms with van der Waals surface area (Å²) in [6.07, 6.45) is 0. The van der Waals surface area contributed by atoms with Gasteiger partial charge in [0.25, 0.3) is 0 Å². The van der Waals surface area contributed by atoms with E-state index in [-0.39, 0.29) is 17.1 Å². The van der Waals surface area contributed by atoms with Crippen molar-refractivity contribution < 1.29 is 19.1 Å². The zero-order valence-corrected chi connectivity index (χ0v) is 13.6. The van der Waals surface area contributed by atoms with Gasteiger partial charge >= 0.3 is 5.97 Å². The second-order valence-corrected chi connectivity index (χ2v) is 5.31. The first-order valence-electron chi connectivity index (χ1n) is 7.74. The summed E-state index contributed by atoms with van der Waals surface area (Å²) in [5.74, 6) is -0.0504. The molecule has 0 fully saturated rings. The average molecular weight is 332 g/mol. The van der Waals surface area contributed by atoms with E-state index in [0.29, 0.717) is 16.9 Å². The minimum atomic E-state index is -0.520. The van der Waals surface area contributed by atoms with Crippen molar-refractivity contribution in [3.63, 3.8) is 0 Å². The highest BCUT2D eigenvalue weighted by atomic mass is 16.5. The molecular formula is C21H16O4. The molecule has 0 N–H and O–H groups in total. The van der Waals surface area contributed by atoms with Crippen molar-refractivity contribution in [2.24, 2.45) is 0 Å². The van der Waals surface area contributed by atoms with Crippen LogP contribution in [0.1, 0.15) is 26.3 Å². The number of methoxy groups -OCH3 is 1. The largest absolute Gasteiger partial charge is 0.497 e. The van der Waals surface area contributed by atoms with Crippen LogP contribution in [0.2, 0.25) is 0 Å². The van der Waals surface area contributed by atoms with Crippen molar-refractivity contribution >= 4 is 11.8 Å². The van der Waals surface area contributed by atoms with E-state index in [9.17, 15) is 9.59 Å². The van der Waals surface area contributed by atoms with Gasteiger partial charge in [0, 0.05) is 5.56 Å². The number of ketones is 1. The van der Waals surface area contributed by atoms with Crippen LogP contribution in [-0.2, 0) is 0 Å². The lowest BCUT2D eigenvalue weighted by molar-refractivity contribution is 0.0733. The lowest BCUT2D eigenvalue weighted by Crippen LogP contribution is -2.12. The molecule has 0 heterocycles. The molecule has 0 bridgehead atoms. The highest BCUT2D eigenvalue weighted by Gasteiger charge is 2.18. The van der Waals surface area contributed by atoms with E-state index in [1.54, 1.807) is 66.7 Å². The van der Waals surface area contributed by atoms with E-state index in [1.165, 1.54) is 7.11 Å². The second-order valence-electron chi connectivity index (χ2n) is 5.31. The Hall–Kier alpha value is -3.40. The third-order valence-corrected chi connectivity index (χ3v) is 3.68. The average Bonchev–Trinajstić information content (AvgIpc) is 2.69. The first-order valence-corrected chi connectivity index (χ1v) is 7.74. The normalized spacial score (nSPS) is 10.1. The van der Waals surface area contributed by atoms with Gasteiger partial charge in [-0.15, -0.1) is 0 Å². The maximum absolute atomic E-state index is 12.8. The summed E-state index contributed by atoms with van der Waals surface area (Å²) in [4.78, 5) is 25.1. The van der Waals surface area contributed by atoms with Crippen LogP contribution >= 0.6 is 0 Å². The van der Waals surface area contributed by atoms with E-state index in [2.05, 4.69) is 0 Å². The van der Waals surface area contributed by atoms with E-state index in [4.69, 9.17) is 9.47 Å². The number of benzene rings is 3. The molecule has 0 radical (unpaired) electrons. The monoisotopic (exact) mass is 332 g/mol. The molecule has 4 nitrogen and oxygen atoms in total. The highest BCUT2D eigenvalue weighted by Crippen LogP contribution is 2.27. The van der Waals surface area contributed by atoms with Gasteiger partial charge in [-0.3, -0.25) is 4.79 Å². The summed E-state index contributed by atoms with van der Waals surface area (Å²) in [7, 11) is 1.52. The second kappa shape index (κ2) is 7.45. The summed E-state index contributed by atoms with van der Waals surface area (Å²) in [5, 5.41) is 0. The van der Waals surface area contributed by atoms with Crippen LogP contribution in [-0.4, -0.2) is 18.9 Å². The van der Waals surface area contributed by atoms with Crippen molar-refractivity contribution in [3.8, 4) is 11.5 Å². The Balaban J connectivity index is 1.96. The minimum absolute atomic E-state index is 0.198. The number of hydrogen-bond acceptors (Lipinski definition) is 4. The third kappa shape index (κ3) is 3.75. The van der Waals surface area contributed by atoms with Gasteiger partial charge in [0.2, 0.25) is 0 Å². The molecular weight excluding hydrogens is 316 g/mol. The summed E-state index contributed by atoms with van der Waals surface area (Å²) >= 11 is 0. The summed E-state index contributed by atoms with van der Waals surface area (Å²) in [6.45, 7) is 0. The summed E-state index contributed by atoms with van der Waals surface area (Å²) in [6, 6.07) is 22.2. The lowest BCUT2D eigenvalue weighted by atomic mass is 10.0. The van der Waals surface area contributed by atoms with Gasteiger partial charge in [0.05, 0.1) is 18.2 Å². The minimum Gasteiger partial charge on any atom is -0.497 e. The topological polar surface area (TPSA) is 52.6 Å². The van der Waals surface area contributed by atoms with Crippen molar-refractivity contribution in [1.29, 1.82) is 0 Å². The number of rotatable bonds is 5. The van der Waals surface area contributed by atoms with Gasteiger partial charge in [0.1, 0.15) is 11.5 Å². The third-order valence-electron chi connectivity index (χ3n) is 3.68. The van der Waals surface area contributed by atoms with Crippen molar-refractivity contribution in [2.75, 3.05) is 7.11 Å². The van der Waals surface area contributed by atoms with Gasteiger partial charge in [-0.2, -0.15) is 0 Å². The molecule has 0 aliphatic heterocycles. The number of carbonyl (C=O) groups excluding carboxylic acids is 2. The highest BCUT2D eigenvalue weighted by molar-refractivity contribution is 6.11. The van der Waals surface area contributed by atoms with E-state index in [0.717, 1.165) is 0 Å². The van der Waals surface area contributed by atoms with Gasteiger partial charge in [0.15, 0.2) is 5.78 Å². The van der Waals surface area contributed by atoms with Crippen LogP contribution in [0.5, 0.6) is 11.5 Å². The van der Waals surface area contributed by atoms with E-state index < -0.39 is 5.97 Å². The summed E-state index contributed by atoms with van der Waals surface area (Å²) < 4.78 is 10.7. The number of hydrogen-bond donors (Lipinski definition) is 0. The van der Waals surface area contributed by atoms with Gasteiger partial charge in [-0.25, -0.2) is 4.79 Å². The molecule has 0 atom stereocenters. The molecule has 25 heavy (non-hydrogen) atoms. The van der Waals surface area contributed by atoms with Crippen LogP contribution in [0.25, 0.3) is 0 Å².